The summed E-state index contributed by atoms with van der Waals surface area (Å²) in [5, 5.41) is 0. The van der Waals surface area contributed by atoms with E-state index in [4.69, 9.17) is 28.4 Å². The molecule has 0 saturated heterocycles. The summed E-state index contributed by atoms with van der Waals surface area (Å²) in [5.74, 6) is 15.0. The molecule has 2 aromatic carbocycles. The molecule has 0 radical (unpaired) electrons. The molecule has 0 unspecified atom stereocenters. The van der Waals surface area contributed by atoms with Crippen LogP contribution in [0, 0.1) is 46.4 Å². The van der Waals surface area contributed by atoms with Gasteiger partial charge < -0.3 is 0 Å². The molecular weight excluding hydrogens is 878 g/mol. The fourth-order valence-electron chi connectivity index (χ4n) is 5.26. The van der Waals surface area contributed by atoms with Crippen LogP contribution in [0.3, 0.4) is 0 Å². The molecule has 2 aromatic rings. The second-order valence-electron chi connectivity index (χ2n) is 14.0. The quantitative estimate of drug-likeness (QED) is 0.0883. The topological polar surface area (TPSA) is 124 Å². The summed E-state index contributed by atoms with van der Waals surface area (Å²) in [5.41, 5.74) is -3.82. The number of benzene rings is 2. The second kappa shape index (κ2) is 20.4. The van der Waals surface area contributed by atoms with E-state index in [0.717, 1.165) is 39.9 Å². The van der Waals surface area contributed by atoms with Crippen molar-refractivity contribution in [1.29, 1.82) is 0 Å². The summed E-state index contributed by atoms with van der Waals surface area (Å²) >= 11 is -4.92. The Hall–Kier alpha value is -3.80. The van der Waals surface area contributed by atoms with Gasteiger partial charge in [0.1, 0.15) is 0 Å². The molecule has 0 N–H and O–H groups in total. The van der Waals surface area contributed by atoms with Crippen LogP contribution in [-0.4, -0.2) is 102 Å². The first-order valence-electron chi connectivity index (χ1n) is 16.7. The van der Waals surface area contributed by atoms with Gasteiger partial charge in [0.05, 0.1) is 0 Å². The molecular formula is C40H50O10Sn2. The van der Waals surface area contributed by atoms with Crippen LogP contribution in [0.1, 0.15) is 25.7 Å². The van der Waals surface area contributed by atoms with Crippen LogP contribution < -0.4 is 16.6 Å². The maximum absolute atomic E-state index is 13.1. The van der Waals surface area contributed by atoms with Crippen molar-refractivity contribution in [3.05, 3.63) is 48.5 Å². The molecule has 0 fully saturated rings. The van der Waals surface area contributed by atoms with Crippen molar-refractivity contribution in [2.75, 3.05) is 41.7 Å². The zero-order valence-electron chi connectivity index (χ0n) is 31.9. The van der Waals surface area contributed by atoms with E-state index in [-0.39, 0.29) is 38.9 Å². The van der Waals surface area contributed by atoms with Gasteiger partial charge in [-0.2, -0.15) is 0 Å². The van der Waals surface area contributed by atoms with Gasteiger partial charge in [-0.25, -0.2) is 0 Å². The summed E-state index contributed by atoms with van der Waals surface area (Å²) in [4.78, 5) is 66.1. The Kier molecular flexibility index (Phi) is 17.4. The number of ether oxygens (including phenoxy) is 6. The van der Waals surface area contributed by atoms with E-state index >= 15 is 0 Å². The number of carbonyl (C=O) groups is 4. The molecule has 0 bridgehead atoms. The number of esters is 4. The van der Waals surface area contributed by atoms with Crippen LogP contribution in [0.2, 0.25) is 29.6 Å². The molecule has 0 aliphatic rings. The van der Waals surface area contributed by atoms with Crippen LogP contribution in [0.15, 0.2) is 48.5 Å². The van der Waals surface area contributed by atoms with Crippen molar-refractivity contribution in [3.63, 3.8) is 0 Å². The molecule has 0 aliphatic carbocycles. The molecule has 0 heterocycles. The van der Waals surface area contributed by atoms with Gasteiger partial charge >= 0.3 is 319 Å². The molecule has 0 saturated carbocycles. The van der Waals surface area contributed by atoms with E-state index in [9.17, 15) is 19.2 Å². The fourth-order valence-corrected chi connectivity index (χ4v) is 13.8. The predicted octanol–water partition coefficient (Wildman–Crippen LogP) is 4.47. The first kappa shape index (κ1) is 44.4. The monoisotopic (exact) mass is 930 g/mol. The molecule has 52 heavy (non-hydrogen) atoms. The molecule has 278 valence electrons. The normalized spacial score (nSPS) is 11.2. The Morgan fingerprint density at radius 2 is 0.750 bits per heavy atom. The van der Waals surface area contributed by atoms with Gasteiger partial charge in [-0.3, -0.25) is 0 Å². The molecule has 0 atom stereocenters. The number of rotatable bonds is 14. The Balaban J connectivity index is 2.33. The third kappa shape index (κ3) is 11.9. The van der Waals surface area contributed by atoms with E-state index in [0.29, 0.717) is 0 Å². The standard InChI is InChI=1S/C34H32O10.6CH3.2Sn/c1-39-29(35)33(30(36)40-2,23-13-15-25-43-27-17-7-5-8-18-27)21-11-12-22-34(31(37)41-3,32(38)42-4)24-14-16-26-44-28-19-9-6-10-20-28;;;;;;;;/h5-10,17,19H,21-26H2,1-4H3;6*1H3;;. The Morgan fingerprint density at radius 3 is 1.02 bits per heavy atom. The van der Waals surface area contributed by atoms with Crippen molar-refractivity contribution in [1.82, 2.24) is 0 Å². The molecule has 0 aliphatic heterocycles. The molecule has 0 amide bonds. The van der Waals surface area contributed by atoms with Crippen LogP contribution >= 0.6 is 0 Å². The molecule has 12 heteroatoms. The van der Waals surface area contributed by atoms with Gasteiger partial charge in [-0.15, -0.1) is 0 Å². The zero-order chi connectivity index (χ0) is 39.0. The van der Waals surface area contributed by atoms with Crippen LogP contribution in [-0.2, 0) is 38.1 Å². The minimum atomic E-state index is -2.46. The Labute approximate surface area is 316 Å². The van der Waals surface area contributed by atoms with Crippen molar-refractivity contribution >= 4 is 67.8 Å². The predicted molar refractivity (Wildman–Crippen MR) is 205 cm³/mol. The second-order valence-corrected chi connectivity index (χ2v) is 42.7. The fraction of sp³-hybridized carbons (Fsp3) is 0.450. The summed E-state index contributed by atoms with van der Waals surface area (Å²) in [6.45, 7) is 0.0588. The zero-order valence-corrected chi connectivity index (χ0v) is 37.7. The van der Waals surface area contributed by atoms with E-state index in [1.807, 2.05) is 36.4 Å². The van der Waals surface area contributed by atoms with Gasteiger partial charge in [-0.05, 0) is 0 Å². The third-order valence-corrected chi connectivity index (χ3v) is 19.8. The summed E-state index contributed by atoms with van der Waals surface area (Å²) in [6, 6.07) is 15.7. The van der Waals surface area contributed by atoms with E-state index < -0.39 is 71.5 Å². The van der Waals surface area contributed by atoms with E-state index in [1.165, 1.54) is 7.16 Å². The average molecular weight is 928 g/mol. The first-order chi connectivity index (χ1) is 24.5. The van der Waals surface area contributed by atoms with Gasteiger partial charge in [0.25, 0.3) is 0 Å². The summed E-state index contributed by atoms with van der Waals surface area (Å²) in [6.07, 6.45) is -1.31. The van der Waals surface area contributed by atoms with Crippen LogP contribution in [0.5, 0.6) is 11.5 Å². The van der Waals surface area contributed by atoms with Crippen LogP contribution in [0.25, 0.3) is 0 Å². The van der Waals surface area contributed by atoms with Gasteiger partial charge in [0.15, 0.2) is 0 Å². The van der Waals surface area contributed by atoms with Crippen molar-refractivity contribution in [2.45, 2.75) is 55.3 Å². The van der Waals surface area contributed by atoms with E-state index in [1.54, 1.807) is 0 Å². The molecule has 0 spiro atoms. The SMILES string of the molecule is COC(=O)C(CC#CCOc1cccc[c]1[Sn]([CH3])([CH3])[CH3])(CC#CCC(CC#CCOc1cccc[c]1[Sn]([CH3])([CH3])[CH3])(C(=O)OC)C(=O)OC)C(=O)OC. The van der Waals surface area contributed by atoms with Gasteiger partial charge in [0.2, 0.25) is 0 Å². The Morgan fingerprint density at radius 1 is 0.481 bits per heavy atom. The number of carbonyl (C=O) groups excluding carboxylic acids is 4. The Bertz CT molecular complexity index is 1610. The minimum absolute atomic E-state index is 0.0294. The molecule has 10 nitrogen and oxygen atoms in total. The average Bonchev–Trinajstić information content (AvgIpc) is 3.12. The molecule has 0 aromatic heterocycles. The van der Waals surface area contributed by atoms with Crippen molar-refractivity contribution in [3.8, 4) is 47.0 Å². The van der Waals surface area contributed by atoms with Crippen LogP contribution in [0.4, 0.5) is 0 Å². The summed E-state index contributed by atoms with van der Waals surface area (Å²) < 4.78 is 34.3. The van der Waals surface area contributed by atoms with Gasteiger partial charge in [0, 0.05) is 0 Å². The van der Waals surface area contributed by atoms with Gasteiger partial charge in [-0.1, -0.05) is 0 Å². The van der Waals surface area contributed by atoms with E-state index in [2.05, 4.69) is 77.3 Å². The molecule has 2 rings (SSSR count). The number of para-hydroxylation sites is 2. The van der Waals surface area contributed by atoms with Crippen molar-refractivity contribution < 1.29 is 47.6 Å². The third-order valence-electron chi connectivity index (χ3n) is 8.23. The first-order valence-corrected chi connectivity index (χ1v) is 36.7. The number of hydrogen-bond donors (Lipinski definition) is 0. The van der Waals surface area contributed by atoms with Crippen molar-refractivity contribution in [2.24, 2.45) is 10.8 Å². The number of hydrogen-bond acceptors (Lipinski definition) is 10. The number of methoxy groups -OCH3 is 4. The maximum atomic E-state index is 13.1. The summed E-state index contributed by atoms with van der Waals surface area (Å²) in [7, 11) is 4.58.